The van der Waals surface area contributed by atoms with Crippen LogP contribution >= 0.6 is 11.8 Å². The lowest BCUT2D eigenvalue weighted by molar-refractivity contribution is -0.139. The molecule has 0 saturated heterocycles. The monoisotopic (exact) mass is 343 g/mol. The van der Waals surface area contributed by atoms with Crippen LogP contribution in [0.4, 0.5) is 4.39 Å². The van der Waals surface area contributed by atoms with Gasteiger partial charge in [0.1, 0.15) is 11.1 Å². The number of para-hydroxylation sites is 1. The molecule has 0 aliphatic rings. The van der Waals surface area contributed by atoms with Crippen molar-refractivity contribution in [3.63, 3.8) is 0 Å². The minimum Gasteiger partial charge on any atom is -0.468 e. The molecule has 0 N–H and O–H groups in total. The first-order valence-electron chi connectivity index (χ1n) is 7.65. The molecule has 1 unspecified atom stereocenters. The van der Waals surface area contributed by atoms with Crippen molar-refractivity contribution in [3.8, 4) is 0 Å². The van der Waals surface area contributed by atoms with E-state index in [1.54, 1.807) is 12.1 Å². The van der Waals surface area contributed by atoms with E-state index in [0.29, 0.717) is 6.54 Å². The Morgan fingerprint density at radius 3 is 2.62 bits per heavy atom. The van der Waals surface area contributed by atoms with Crippen LogP contribution < -0.4 is 0 Å². The molecule has 0 saturated carbocycles. The zero-order valence-corrected chi connectivity index (χ0v) is 14.3. The average Bonchev–Trinajstić information content (AvgIpc) is 2.94. The van der Waals surface area contributed by atoms with Crippen molar-refractivity contribution in [2.24, 2.45) is 0 Å². The van der Waals surface area contributed by atoms with E-state index in [2.05, 4.69) is 4.57 Å². The Morgan fingerprint density at radius 2 is 1.92 bits per heavy atom. The number of benzene rings is 2. The predicted molar refractivity (Wildman–Crippen MR) is 94.8 cm³/mol. The Bertz CT molecular complexity index is 857. The summed E-state index contributed by atoms with van der Waals surface area (Å²) in [7, 11) is 1.40. The molecule has 5 heteroatoms. The van der Waals surface area contributed by atoms with Crippen molar-refractivity contribution in [2.75, 3.05) is 7.11 Å². The van der Waals surface area contributed by atoms with Crippen LogP contribution in [-0.2, 0) is 16.1 Å². The molecule has 0 aliphatic carbocycles. The highest BCUT2D eigenvalue weighted by atomic mass is 32.2. The van der Waals surface area contributed by atoms with E-state index in [-0.39, 0.29) is 17.0 Å². The summed E-state index contributed by atoms with van der Waals surface area (Å²) in [5, 5.41) is 0.820. The summed E-state index contributed by atoms with van der Waals surface area (Å²) in [5.74, 6) is -0.477. The molecule has 2 aromatic carbocycles. The van der Waals surface area contributed by atoms with E-state index in [1.807, 2.05) is 37.4 Å². The van der Waals surface area contributed by atoms with Gasteiger partial charge in [-0.15, -0.1) is 11.8 Å². The molecule has 0 bridgehead atoms. The first-order chi connectivity index (χ1) is 11.6. The molecule has 0 aliphatic heterocycles. The van der Waals surface area contributed by atoms with Crippen molar-refractivity contribution in [1.82, 2.24) is 4.57 Å². The SMILES string of the molecule is COC(=O)C(C)Sc1cn(Cc2ccc(F)cc2)c2ccccc12. The van der Waals surface area contributed by atoms with Crippen molar-refractivity contribution >= 4 is 28.6 Å². The van der Waals surface area contributed by atoms with Gasteiger partial charge in [0.25, 0.3) is 0 Å². The molecular weight excluding hydrogens is 325 g/mol. The van der Waals surface area contributed by atoms with Gasteiger partial charge in [-0.05, 0) is 30.7 Å². The van der Waals surface area contributed by atoms with Crippen LogP contribution in [0.15, 0.2) is 59.6 Å². The Balaban J connectivity index is 1.94. The molecule has 3 nitrogen and oxygen atoms in total. The first-order valence-corrected chi connectivity index (χ1v) is 8.53. The third-order valence-electron chi connectivity index (χ3n) is 3.86. The summed E-state index contributed by atoms with van der Waals surface area (Å²) >= 11 is 1.48. The number of carbonyl (C=O) groups is 1. The summed E-state index contributed by atoms with van der Waals surface area (Å²) in [5.41, 5.74) is 2.11. The second kappa shape index (κ2) is 7.09. The van der Waals surface area contributed by atoms with Gasteiger partial charge in [0.2, 0.25) is 0 Å². The van der Waals surface area contributed by atoms with E-state index < -0.39 is 0 Å². The van der Waals surface area contributed by atoms with Crippen LogP contribution in [0, 0.1) is 5.82 Å². The van der Waals surface area contributed by atoms with Crippen LogP contribution in [-0.4, -0.2) is 22.9 Å². The second-order valence-corrected chi connectivity index (χ2v) is 6.93. The fraction of sp³-hybridized carbons (Fsp3) is 0.211. The third-order valence-corrected chi connectivity index (χ3v) is 4.98. The summed E-state index contributed by atoms with van der Waals surface area (Å²) in [4.78, 5) is 12.7. The molecular formula is C19H18FNO2S. The molecule has 3 aromatic rings. The fourth-order valence-corrected chi connectivity index (χ4v) is 3.69. The third kappa shape index (κ3) is 3.46. The van der Waals surface area contributed by atoms with Crippen LogP contribution in [0.1, 0.15) is 12.5 Å². The van der Waals surface area contributed by atoms with Gasteiger partial charge >= 0.3 is 5.97 Å². The number of nitrogens with zero attached hydrogens (tertiary/aromatic N) is 1. The molecule has 3 rings (SSSR count). The molecule has 0 amide bonds. The van der Waals surface area contributed by atoms with E-state index in [0.717, 1.165) is 21.4 Å². The smallest absolute Gasteiger partial charge is 0.318 e. The van der Waals surface area contributed by atoms with Gasteiger partial charge in [0.05, 0.1) is 7.11 Å². The molecule has 0 radical (unpaired) electrons. The van der Waals surface area contributed by atoms with Crippen LogP contribution in [0.3, 0.4) is 0 Å². The number of hydrogen-bond donors (Lipinski definition) is 0. The maximum absolute atomic E-state index is 13.1. The highest BCUT2D eigenvalue weighted by Gasteiger charge is 2.18. The van der Waals surface area contributed by atoms with Gasteiger partial charge in [-0.2, -0.15) is 0 Å². The largest absolute Gasteiger partial charge is 0.468 e. The van der Waals surface area contributed by atoms with E-state index in [4.69, 9.17) is 4.74 Å². The van der Waals surface area contributed by atoms with Crippen LogP contribution in [0.2, 0.25) is 0 Å². The summed E-state index contributed by atoms with van der Waals surface area (Å²) in [6, 6.07) is 14.6. The van der Waals surface area contributed by atoms with Gasteiger partial charge in [-0.1, -0.05) is 30.3 Å². The lowest BCUT2D eigenvalue weighted by Gasteiger charge is -2.07. The van der Waals surface area contributed by atoms with Gasteiger partial charge in [0, 0.05) is 28.5 Å². The second-order valence-electron chi connectivity index (χ2n) is 5.55. The molecule has 24 heavy (non-hydrogen) atoms. The number of carbonyl (C=O) groups excluding carboxylic acids is 1. The van der Waals surface area contributed by atoms with Gasteiger partial charge < -0.3 is 9.30 Å². The number of methoxy groups -OCH3 is 1. The summed E-state index contributed by atoms with van der Waals surface area (Å²) in [6.07, 6.45) is 2.04. The number of aromatic nitrogens is 1. The van der Waals surface area contributed by atoms with Crippen LogP contribution in [0.25, 0.3) is 10.9 Å². The minimum absolute atomic E-state index is 0.237. The number of esters is 1. The molecule has 1 aromatic heterocycles. The Hall–Kier alpha value is -2.27. The Kier molecular flexibility index (Phi) is 4.90. The summed E-state index contributed by atoms with van der Waals surface area (Å²) < 4.78 is 20.0. The number of rotatable bonds is 5. The van der Waals surface area contributed by atoms with E-state index in [1.165, 1.54) is 31.0 Å². The highest BCUT2D eigenvalue weighted by molar-refractivity contribution is 8.00. The molecule has 0 fully saturated rings. The van der Waals surface area contributed by atoms with Crippen molar-refractivity contribution in [2.45, 2.75) is 23.6 Å². The molecule has 0 spiro atoms. The topological polar surface area (TPSA) is 31.2 Å². The van der Waals surface area contributed by atoms with Crippen molar-refractivity contribution < 1.29 is 13.9 Å². The minimum atomic E-state index is -0.278. The van der Waals surface area contributed by atoms with Gasteiger partial charge in [-0.25, -0.2) is 4.39 Å². The predicted octanol–water partition coefficient (Wildman–Crippen LogP) is 4.48. The molecule has 124 valence electrons. The highest BCUT2D eigenvalue weighted by Crippen LogP contribution is 2.33. The Morgan fingerprint density at radius 1 is 1.21 bits per heavy atom. The number of fused-ring (bicyclic) bond motifs is 1. The van der Waals surface area contributed by atoms with Gasteiger partial charge in [0.15, 0.2) is 0 Å². The zero-order chi connectivity index (χ0) is 17.1. The van der Waals surface area contributed by atoms with E-state index >= 15 is 0 Å². The maximum Gasteiger partial charge on any atom is 0.318 e. The maximum atomic E-state index is 13.1. The number of ether oxygens (including phenoxy) is 1. The molecule has 1 heterocycles. The van der Waals surface area contributed by atoms with E-state index in [9.17, 15) is 9.18 Å². The lowest BCUT2D eigenvalue weighted by atomic mass is 10.2. The summed E-state index contributed by atoms with van der Waals surface area (Å²) in [6.45, 7) is 2.48. The van der Waals surface area contributed by atoms with Gasteiger partial charge in [-0.3, -0.25) is 4.79 Å². The van der Waals surface area contributed by atoms with Crippen LogP contribution in [0.5, 0.6) is 0 Å². The quantitative estimate of drug-likeness (QED) is 0.505. The average molecular weight is 343 g/mol. The van der Waals surface area contributed by atoms with Crippen molar-refractivity contribution in [1.29, 1.82) is 0 Å². The zero-order valence-electron chi connectivity index (χ0n) is 13.5. The standard InChI is InChI=1S/C19H18FNO2S/c1-13(19(22)23-2)24-18-12-21(17-6-4-3-5-16(17)18)11-14-7-9-15(20)10-8-14/h3-10,12-13H,11H2,1-2H3. The Labute approximate surface area is 144 Å². The first kappa shape index (κ1) is 16.6. The number of thioether (sulfide) groups is 1. The van der Waals surface area contributed by atoms with Crippen molar-refractivity contribution in [3.05, 3.63) is 66.1 Å². The number of halogens is 1. The lowest BCUT2D eigenvalue weighted by Crippen LogP contribution is -2.14. The number of hydrogen-bond acceptors (Lipinski definition) is 3. The fourth-order valence-electron chi connectivity index (χ4n) is 2.63. The molecule has 1 atom stereocenters. The normalized spacial score (nSPS) is 12.3.